The number of hydrogen-bond donors (Lipinski definition) is 12. The van der Waals surface area contributed by atoms with Crippen LogP contribution in [0.4, 0.5) is 26.4 Å². The molecule has 35 heteroatoms. The van der Waals surface area contributed by atoms with Crippen molar-refractivity contribution in [2.45, 2.75) is 227 Å². The van der Waals surface area contributed by atoms with Gasteiger partial charge >= 0.3 is 12.1 Å². The zero-order chi connectivity index (χ0) is 93.2. The van der Waals surface area contributed by atoms with E-state index >= 15 is 4.39 Å². The van der Waals surface area contributed by atoms with E-state index < -0.39 is 150 Å². The number of hydrogen-bond acceptors (Lipinski definition) is 21. The number of ether oxygens (including phenoxy) is 4. The van der Waals surface area contributed by atoms with E-state index in [-0.39, 0.29) is 88.3 Å². The molecule has 2 aliphatic heterocycles. The van der Waals surface area contributed by atoms with Gasteiger partial charge in [-0.15, -0.1) is 0 Å². The van der Waals surface area contributed by atoms with E-state index in [0.717, 1.165) is 29.0 Å². The molecular weight excluding hydrogens is 1660 g/mol. The molecule has 2 aliphatic rings. The monoisotopic (exact) mass is 1780 g/mol. The summed E-state index contributed by atoms with van der Waals surface area (Å²) < 4.78 is 38.5. The fourth-order valence-corrected chi connectivity index (χ4v) is 16.4. The van der Waals surface area contributed by atoms with Crippen LogP contribution in [0.15, 0.2) is 97.2 Å². The summed E-state index contributed by atoms with van der Waals surface area (Å²) in [6.07, 6.45) is 0.419. The number of aryl methyl sites for hydroxylation is 1. The number of halogens is 2. The van der Waals surface area contributed by atoms with E-state index in [1.807, 2.05) is 51.1 Å². The number of pyridine rings is 1. The molecule has 0 bridgehead atoms. The van der Waals surface area contributed by atoms with Crippen LogP contribution < -0.4 is 53.2 Å². The largest absolute Gasteiger partial charge is 0.481 e. The van der Waals surface area contributed by atoms with Crippen LogP contribution in [-0.4, -0.2) is 246 Å². The first-order valence-corrected chi connectivity index (χ1v) is 44.1. The van der Waals surface area contributed by atoms with Gasteiger partial charge in [0.25, 0.3) is 0 Å². The van der Waals surface area contributed by atoms with Crippen molar-refractivity contribution in [3.63, 3.8) is 0 Å². The summed E-state index contributed by atoms with van der Waals surface area (Å²) in [5.41, 5.74) is 12.7. The second-order valence-corrected chi connectivity index (χ2v) is 34.7. The second kappa shape index (κ2) is 48.3. The number of benzene rings is 4. The van der Waals surface area contributed by atoms with Gasteiger partial charge in [0.2, 0.25) is 53.2 Å². The molecule has 10 amide bonds. The van der Waals surface area contributed by atoms with E-state index in [2.05, 4.69) is 52.4 Å². The molecule has 13 atom stereocenters. The predicted octanol–water partition coefficient (Wildman–Crippen LogP) is 9.17. The summed E-state index contributed by atoms with van der Waals surface area (Å²) >= 11 is 6.39. The molecule has 127 heavy (non-hydrogen) atoms. The molecule has 33 nitrogen and oxygen atoms in total. The van der Waals surface area contributed by atoms with E-state index in [1.165, 1.54) is 45.2 Å². The van der Waals surface area contributed by atoms with Crippen molar-refractivity contribution in [1.29, 1.82) is 0 Å². The average molecular weight is 1790 g/mol. The van der Waals surface area contributed by atoms with Gasteiger partial charge in [0, 0.05) is 109 Å². The number of rotatable bonds is 46. The number of carboxylic acids is 1. The van der Waals surface area contributed by atoms with E-state index in [4.69, 9.17) is 46.3 Å². The number of anilines is 3. The fraction of sp³-hybridized carbons (Fsp3) is 0.554. The molecule has 0 saturated carbocycles. The minimum atomic E-state index is -1.40. The Kier molecular flexibility index (Phi) is 38.6. The van der Waals surface area contributed by atoms with Crippen molar-refractivity contribution in [2.24, 2.45) is 35.3 Å². The number of amides is 10. The zero-order valence-electron chi connectivity index (χ0n) is 75.8. The number of nitrogens with one attached hydrogen (secondary N) is 9. The molecule has 2 fully saturated rings. The predicted molar refractivity (Wildman–Crippen MR) is 482 cm³/mol. The van der Waals surface area contributed by atoms with Crippen molar-refractivity contribution in [3.05, 3.63) is 125 Å². The van der Waals surface area contributed by atoms with Crippen LogP contribution in [0, 0.1) is 42.3 Å². The van der Waals surface area contributed by atoms with E-state index in [9.17, 15) is 63.0 Å². The van der Waals surface area contributed by atoms with Gasteiger partial charge in [-0.1, -0.05) is 129 Å². The van der Waals surface area contributed by atoms with Gasteiger partial charge in [0.1, 0.15) is 54.3 Å². The number of methoxy groups -OCH3 is 2. The Balaban J connectivity index is 0.776. The first-order chi connectivity index (χ1) is 60.3. The third kappa shape index (κ3) is 28.3. The lowest BCUT2D eigenvalue weighted by molar-refractivity contribution is -0.148. The molecule has 2 aromatic heterocycles. The number of aromatic amines is 1. The second-order valence-electron chi connectivity index (χ2n) is 34.2. The van der Waals surface area contributed by atoms with Crippen LogP contribution in [-0.2, 0) is 73.5 Å². The molecule has 0 spiro atoms. The van der Waals surface area contributed by atoms with Gasteiger partial charge < -0.3 is 97.1 Å². The van der Waals surface area contributed by atoms with Gasteiger partial charge in [0.05, 0.1) is 84.3 Å². The van der Waals surface area contributed by atoms with E-state index in [1.54, 1.807) is 122 Å². The number of aromatic nitrogens is 3. The van der Waals surface area contributed by atoms with Crippen molar-refractivity contribution >= 4 is 105 Å². The van der Waals surface area contributed by atoms with Gasteiger partial charge in [0.15, 0.2) is 0 Å². The van der Waals surface area contributed by atoms with Crippen molar-refractivity contribution < 1.29 is 86.3 Å². The fourth-order valence-electron chi connectivity index (χ4n) is 16.3. The Morgan fingerprint density at radius 1 is 0.717 bits per heavy atom. The Morgan fingerprint density at radius 3 is 2.02 bits per heavy atom. The third-order valence-electron chi connectivity index (χ3n) is 23.6. The van der Waals surface area contributed by atoms with Crippen LogP contribution in [0.1, 0.15) is 163 Å². The van der Waals surface area contributed by atoms with Crippen LogP contribution in [0.25, 0.3) is 33.5 Å². The van der Waals surface area contributed by atoms with Crippen molar-refractivity contribution in [3.8, 4) is 22.5 Å². The number of likely N-dealkylation sites (N-methyl/N-ethyl adjacent to an activating group) is 2. The number of aliphatic hydroxyl groups is 1. The van der Waals surface area contributed by atoms with Crippen LogP contribution in [0.2, 0.25) is 5.02 Å². The Morgan fingerprint density at radius 2 is 1.39 bits per heavy atom. The zero-order valence-corrected chi connectivity index (χ0v) is 76.6. The molecule has 0 aliphatic carbocycles. The SMILES string of the molecule is CC[C@H](C)[C@@H]([C@@H](CC(=O)N1CCCC1[C@H](OC)[C@@H](C)C(=O)N[C@H](C)[C@@H](O)c1ccccc1)OC)N(C)C(=O)[C@@H](NC(=O)[C@H](C(C)C)N(C)C(=O)OCc1ccc(NC(=O)[C@H](C)NC(=O)[C@@H](NC(=O)C(CCC(=O)O)NC(=O)CCOCCC(=O)NCCNc2ncc(-c3cc(C)cc(F)c3)c(N3CCC(N)CC3)c2-c2nc3ccc(Cl)cc3[nH]2)C(C)C)cc1)C(C)C. The molecule has 4 aromatic carbocycles. The van der Waals surface area contributed by atoms with Crippen molar-refractivity contribution in [1.82, 2.24) is 61.6 Å². The highest BCUT2D eigenvalue weighted by Gasteiger charge is 2.45. The smallest absolute Gasteiger partial charge is 0.410 e. The number of carboxylic acid groups (broad SMARTS) is 1. The minimum absolute atomic E-state index is 0.0181. The Labute approximate surface area is 748 Å². The topological polar surface area (TPSA) is 442 Å². The summed E-state index contributed by atoms with van der Waals surface area (Å²) in [5, 5.41) is 43.7. The molecule has 6 aromatic rings. The lowest BCUT2D eigenvalue weighted by Gasteiger charge is -2.41. The normalized spacial score (nSPS) is 16.5. The number of aliphatic hydroxyl groups excluding tert-OH is 1. The summed E-state index contributed by atoms with van der Waals surface area (Å²) in [7, 11) is 6.05. The quantitative estimate of drug-likeness (QED) is 0.0158. The lowest BCUT2D eigenvalue weighted by Crippen LogP contribution is -2.60. The number of imidazole rings is 1. The summed E-state index contributed by atoms with van der Waals surface area (Å²) in [6.45, 7) is 22.6. The third-order valence-corrected chi connectivity index (χ3v) is 23.8. The first kappa shape index (κ1) is 101. The van der Waals surface area contributed by atoms with Crippen LogP contribution in [0.3, 0.4) is 0 Å². The highest BCUT2D eigenvalue weighted by Crippen LogP contribution is 2.44. The lowest BCUT2D eigenvalue weighted by atomic mass is 9.89. The number of fused-ring (bicyclic) bond motifs is 1. The Bertz CT molecular complexity index is 4710. The van der Waals surface area contributed by atoms with Gasteiger partial charge in [-0.25, -0.2) is 19.2 Å². The Hall–Kier alpha value is -10.9. The average Bonchev–Trinajstić information content (AvgIpc) is 1.70. The number of aliphatic carboxylic acids is 1. The van der Waals surface area contributed by atoms with Gasteiger partial charge in [-0.3, -0.25) is 52.8 Å². The molecule has 694 valence electrons. The maximum absolute atomic E-state index is 15.0. The molecular formula is C92H130ClFN16O17. The number of piperidine rings is 1. The maximum atomic E-state index is 15.0. The summed E-state index contributed by atoms with van der Waals surface area (Å²) in [5.74, 6) is -7.96. The highest BCUT2D eigenvalue weighted by molar-refractivity contribution is 6.31. The highest BCUT2D eigenvalue weighted by atomic mass is 35.5. The molecule has 2 unspecified atom stereocenters. The molecule has 0 radical (unpaired) electrons. The number of carbonyl (C=O) groups excluding carboxylic acids is 10. The van der Waals surface area contributed by atoms with Crippen LogP contribution >= 0.6 is 11.6 Å². The summed E-state index contributed by atoms with van der Waals surface area (Å²) in [4.78, 5) is 171. The minimum Gasteiger partial charge on any atom is -0.481 e. The number of H-pyrrole nitrogens is 1. The number of nitrogens with zero attached hydrogens (tertiary/aromatic N) is 6. The van der Waals surface area contributed by atoms with Crippen LogP contribution in [0.5, 0.6) is 0 Å². The molecule has 2 saturated heterocycles. The number of nitrogens with two attached hydrogens (primary N) is 1. The molecule has 13 N–H and O–H groups in total. The van der Waals surface area contributed by atoms with Gasteiger partial charge in [-0.2, -0.15) is 0 Å². The number of carbonyl (C=O) groups is 11. The number of likely N-dealkylation sites (tertiary alicyclic amines) is 1. The molecule has 4 heterocycles. The maximum Gasteiger partial charge on any atom is 0.410 e. The van der Waals surface area contributed by atoms with Gasteiger partial charge in [-0.05, 0) is 141 Å². The van der Waals surface area contributed by atoms with E-state index in [0.29, 0.717) is 100 Å². The molecule has 8 rings (SSSR count). The van der Waals surface area contributed by atoms with Crippen molar-refractivity contribution in [2.75, 3.05) is 89.8 Å². The first-order valence-electron chi connectivity index (χ1n) is 43.8. The standard InChI is InChI=1S/C92H130ClFN16O17/c1-17-55(9)80(71(124-15)48-74(113)110-39-21-24-70(110)83(125-16)56(10)86(117)99-57(11)82(116)60-22-19-18-20-23-60)107(13)91(122)78(52(4)5)106-90(121)79(53(6)7)108(14)92(123)127-50-59-25-28-65(29-26-59)101-87(118)58(12)100-89(120)77(51(2)3)105-88(119)68(31-32-75(114)115)102-73(112)36-43-126-42-35-72(111)96-37-38-97-84-76(85-103-67-30-27-62(93)47-69(67)104-85)81(109-40-33-64(95)34-41-109)66(49-98-84)61-44-54(8)45-63(94)46-61/h18-20,22-23,25-30,44-47,49,51-53,55-58,64,68,70-71,77-80,82-83,116H,17,21,24,31-43,48,50,95H2,1-16H3,(H,96,111)(H,97,98)(H,99,117)(H,100,120)(H,101,118)(H,102,112)(H,103,104)(H,105,119)(H,106,121)(H,114,115)/t55-,56+,57+,58-,68?,70?,71+,77-,78-,79-,80-,82+,83+/m0/s1. The summed E-state index contributed by atoms with van der Waals surface area (Å²) in [6, 6.07) is 17.8.